The number of fused-ring (bicyclic) bond motifs is 3. The van der Waals surface area contributed by atoms with Gasteiger partial charge in [0.05, 0.1) is 23.9 Å². The topological polar surface area (TPSA) is 53.1 Å². The predicted molar refractivity (Wildman–Crippen MR) is 62.2 cm³/mol. The molecule has 1 aromatic heterocycles. The number of hydrogen-bond acceptors (Lipinski definition) is 3. The van der Waals surface area contributed by atoms with E-state index in [1.165, 1.54) is 0 Å². The summed E-state index contributed by atoms with van der Waals surface area (Å²) in [7, 11) is 0. The van der Waals surface area contributed by atoms with Gasteiger partial charge in [-0.1, -0.05) is 18.2 Å². The van der Waals surface area contributed by atoms with Crippen molar-refractivity contribution in [2.75, 3.05) is 13.2 Å². The van der Waals surface area contributed by atoms with Crippen LogP contribution in [0.15, 0.2) is 24.3 Å². The molecule has 2 atom stereocenters. The van der Waals surface area contributed by atoms with Crippen LogP contribution in [0.5, 0.6) is 0 Å². The number of rotatable bonds is 1. The van der Waals surface area contributed by atoms with Crippen LogP contribution in [0.1, 0.15) is 24.8 Å². The van der Waals surface area contributed by atoms with Crippen molar-refractivity contribution in [2.45, 2.75) is 19.1 Å². The van der Waals surface area contributed by atoms with Crippen LogP contribution in [0.25, 0.3) is 10.9 Å². The lowest BCUT2D eigenvalue weighted by atomic mass is 10.1. The Hall–Kier alpha value is -1.39. The van der Waals surface area contributed by atoms with Gasteiger partial charge in [0.2, 0.25) is 0 Å². The van der Waals surface area contributed by atoms with E-state index in [0.717, 1.165) is 16.6 Å². The Labute approximate surface area is 94.0 Å². The van der Waals surface area contributed by atoms with Gasteiger partial charge in [-0.3, -0.25) is 4.68 Å². The Morgan fingerprint density at radius 1 is 1.50 bits per heavy atom. The molecule has 0 fully saturated rings. The summed E-state index contributed by atoms with van der Waals surface area (Å²) in [6.45, 7) is 3.30. The number of nitrogens with zero attached hydrogens (tertiary/aromatic N) is 2. The third-order valence-corrected chi connectivity index (χ3v) is 3.12. The third-order valence-electron chi connectivity index (χ3n) is 3.12. The van der Waals surface area contributed by atoms with Gasteiger partial charge in [0.15, 0.2) is 0 Å². The van der Waals surface area contributed by atoms with E-state index in [1.54, 1.807) is 0 Å². The molecule has 0 radical (unpaired) electrons. The van der Waals surface area contributed by atoms with Crippen LogP contribution >= 0.6 is 0 Å². The van der Waals surface area contributed by atoms with Crippen LogP contribution in [0, 0.1) is 0 Å². The van der Waals surface area contributed by atoms with Crippen molar-refractivity contribution in [2.24, 2.45) is 5.73 Å². The molecular weight excluding hydrogens is 202 g/mol. The monoisotopic (exact) mass is 217 g/mol. The standard InChI is InChI=1S/C12H15N3O/c1-8-7-16-11(6-13)12-9-4-2-3-5-10(9)14-15(8)12/h2-5,8,11H,6-7,13H2,1H3/t8?,11-/m0/s1. The number of ether oxygens (including phenoxy) is 1. The second-order valence-corrected chi connectivity index (χ2v) is 4.25. The molecule has 0 amide bonds. The SMILES string of the molecule is CC1CO[C@@H](CN)c2c3ccccc3nn21. The van der Waals surface area contributed by atoms with E-state index in [1.807, 2.05) is 18.2 Å². The third kappa shape index (κ3) is 1.27. The highest BCUT2D eigenvalue weighted by Gasteiger charge is 2.27. The van der Waals surface area contributed by atoms with Crippen molar-refractivity contribution in [1.29, 1.82) is 0 Å². The number of benzene rings is 1. The van der Waals surface area contributed by atoms with Crippen LogP contribution in [0.3, 0.4) is 0 Å². The van der Waals surface area contributed by atoms with E-state index in [0.29, 0.717) is 13.2 Å². The van der Waals surface area contributed by atoms with Gasteiger partial charge in [0, 0.05) is 11.9 Å². The number of aromatic nitrogens is 2. The maximum atomic E-state index is 5.75. The van der Waals surface area contributed by atoms with Gasteiger partial charge in [0.1, 0.15) is 6.10 Å². The van der Waals surface area contributed by atoms with Crippen LogP contribution in [-0.2, 0) is 4.74 Å². The van der Waals surface area contributed by atoms with Crippen molar-refractivity contribution >= 4 is 10.9 Å². The number of hydrogen-bond donors (Lipinski definition) is 1. The molecule has 2 aromatic rings. The molecule has 3 rings (SSSR count). The Kier molecular flexibility index (Phi) is 2.19. The van der Waals surface area contributed by atoms with Crippen LogP contribution in [0.2, 0.25) is 0 Å². The highest BCUT2D eigenvalue weighted by molar-refractivity contribution is 5.82. The van der Waals surface area contributed by atoms with Crippen molar-refractivity contribution in [3.8, 4) is 0 Å². The Morgan fingerprint density at radius 2 is 2.31 bits per heavy atom. The molecule has 0 saturated carbocycles. The molecule has 1 aromatic carbocycles. The zero-order valence-electron chi connectivity index (χ0n) is 9.26. The van der Waals surface area contributed by atoms with Crippen LogP contribution in [-0.4, -0.2) is 22.9 Å². The van der Waals surface area contributed by atoms with Gasteiger partial charge < -0.3 is 10.5 Å². The molecule has 1 aliphatic heterocycles. The lowest BCUT2D eigenvalue weighted by Crippen LogP contribution is -2.29. The van der Waals surface area contributed by atoms with Gasteiger partial charge in [-0.15, -0.1) is 0 Å². The summed E-state index contributed by atoms with van der Waals surface area (Å²) in [5.41, 5.74) is 7.89. The highest BCUT2D eigenvalue weighted by atomic mass is 16.5. The first-order valence-electron chi connectivity index (χ1n) is 5.60. The average molecular weight is 217 g/mol. The first-order valence-corrected chi connectivity index (χ1v) is 5.60. The Morgan fingerprint density at radius 3 is 3.12 bits per heavy atom. The largest absolute Gasteiger partial charge is 0.368 e. The van der Waals surface area contributed by atoms with Crippen molar-refractivity contribution in [1.82, 2.24) is 9.78 Å². The summed E-state index contributed by atoms with van der Waals surface area (Å²) in [5, 5.41) is 5.77. The average Bonchev–Trinajstić information content (AvgIpc) is 2.70. The fourth-order valence-electron chi connectivity index (χ4n) is 2.31. The molecule has 84 valence electrons. The second kappa shape index (κ2) is 3.57. The molecule has 4 heteroatoms. The van der Waals surface area contributed by atoms with Crippen molar-refractivity contribution in [3.05, 3.63) is 30.0 Å². The van der Waals surface area contributed by atoms with Gasteiger partial charge in [0.25, 0.3) is 0 Å². The molecule has 0 saturated heterocycles. The molecular formula is C12H15N3O. The first-order chi connectivity index (χ1) is 7.81. The minimum atomic E-state index is -0.0244. The summed E-state index contributed by atoms with van der Waals surface area (Å²) in [6.07, 6.45) is -0.0244. The molecule has 2 N–H and O–H groups in total. The zero-order chi connectivity index (χ0) is 11.1. The van der Waals surface area contributed by atoms with Gasteiger partial charge >= 0.3 is 0 Å². The molecule has 16 heavy (non-hydrogen) atoms. The van der Waals surface area contributed by atoms with Gasteiger partial charge in [-0.25, -0.2) is 0 Å². The van der Waals surface area contributed by atoms with E-state index in [2.05, 4.69) is 22.8 Å². The minimum absolute atomic E-state index is 0.0244. The molecule has 2 heterocycles. The molecule has 4 nitrogen and oxygen atoms in total. The van der Waals surface area contributed by atoms with Crippen LogP contribution < -0.4 is 5.73 Å². The van der Waals surface area contributed by atoms with E-state index in [4.69, 9.17) is 10.5 Å². The fourth-order valence-corrected chi connectivity index (χ4v) is 2.31. The first kappa shape index (κ1) is 9.81. The second-order valence-electron chi connectivity index (χ2n) is 4.25. The molecule has 0 bridgehead atoms. The highest BCUT2D eigenvalue weighted by Crippen LogP contribution is 2.32. The lowest BCUT2D eigenvalue weighted by molar-refractivity contribution is 0.00592. The normalized spacial score (nSPS) is 24.6. The summed E-state index contributed by atoms with van der Waals surface area (Å²) < 4.78 is 7.81. The van der Waals surface area contributed by atoms with Gasteiger partial charge in [-0.2, -0.15) is 5.10 Å². The van der Waals surface area contributed by atoms with E-state index in [-0.39, 0.29) is 12.1 Å². The summed E-state index contributed by atoms with van der Waals surface area (Å²) in [5.74, 6) is 0. The number of nitrogens with two attached hydrogens (primary N) is 1. The quantitative estimate of drug-likeness (QED) is 0.789. The maximum Gasteiger partial charge on any atom is 0.112 e. The summed E-state index contributed by atoms with van der Waals surface area (Å²) >= 11 is 0. The van der Waals surface area contributed by atoms with Gasteiger partial charge in [-0.05, 0) is 13.0 Å². The van der Waals surface area contributed by atoms with E-state index in [9.17, 15) is 0 Å². The maximum absolute atomic E-state index is 5.75. The molecule has 1 unspecified atom stereocenters. The smallest absolute Gasteiger partial charge is 0.112 e. The van der Waals surface area contributed by atoms with E-state index >= 15 is 0 Å². The zero-order valence-corrected chi connectivity index (χ0v) is 9.26. The van der Waals surface area contributed by atoms with Crippen molar-refractivity contribution < 1.29 is 4.74 Å². The van der Waals surface area contributed by atoms with Crippen molar-refractivity contribution in [3.63, 3.8) is 0 Å². The van der Waals surface area contributed by atoms with Crippen LogP contribution in [0.4, 0.5) is 0 Å². The van der Waals surface area contributed by atoms with E-state index < -0.39 is 0 Å². The lowest BCUT2D eigenvalue weighted by Gasteiger charge is -2.28. The molecule has 0 aliphatic carbocycles. The summed E-state index contributed by atoms with van der Waals surface area (Å²) in [6, 6.07) is 8.42. The molecule has 1 aliphatic rings. The minimum Gasteiger partial charge on any atom is -0.368 e. The molecule has 0 spiro atoms. The Bertz CT molecular complexity index is 520. The summed E-state index contributed by atoms with van der Waals surface area (Å²) in [4.78, 5) is 0. The fraction of sp³-hybridized carbons (Fsp3) is 0.417. The Balaban J connectivity index is 2.28. The predicted octanol–water partition coefficient (Wildman–Crippen LogP) is 1.63.